The third-order valence-corrected chi connectivity index (χ3v) is 3.91. The van der Waals surface area contributed by atoms with Gasteiger partial charge in [-0.2, -0.15) is 0 Å². The molecule has 18 heavy (non-hydrogen) atoms. The van der Waals surface area contributed by atoms with Gasteiger partial charge in [-0.3, -0.25) is 0 Å². The maximum absolute atomic E-state index is 4.55. The van der Waals surface area contributed by atoms with Gasteiger partial charge in [0.1, 0.15) is 17.5 Å². The summed E-state index contributed by atoms with van der Waals surface area (Å²) in [6.45, 7) is 10.7. The molecule has 102 valence electrons. The van der Waals surface area contributed by atoms with E-state index >= 15 is 0 Å². The Balaban J connectivity index is 3.13. The Morgan fingerprint density at radius 1 is 0.944 bits per heavy atom. The van der Waals surface area contributed by atoms with E-state index in [9.17, 15) is 0 Å². The van der Waals surface area contributed by atoms with Crippen LogP contribution in [0.2, 0.25) is 0 Å². The molecule has 2 N–H and O–H groups in total. The van der Waals surface area contributed by atoms with Gasteiger partial charge in [0, 0.05) is 18.2 Å². The zero-order chi connectivity index (χ0) is 13.8. The number of rotatable bonds is 6. The Morgan fingerprint density at radius 2 is 1.44 bits per heavy atom. The molecule has 0 unspecified atom stereocenters. The van der Waals surface area contributed by atoms with Crippen molar-refractivity contribution < 1.29 is 0 Å². The molecule has 0 aliphatic carbocycles. The molecule has 0 amide bonds. The van der Waals surface area contributed by atoms with Crippen molar-refractivity contribution >= 4 is 11.6 Å². The summed E-state index contributed by atoms with van der Waals surface area (Å²) >= 11 is 0. The van der Waals surface area contributed by atoms with Crippen molar-refractivity contribution in [1.29, 1.82) is 0 Å². The number of anilines is 2. The van der Waals surface area contributed by atoms with Crippen molar-refractivity contribution in [2.45, 2.75) is 59.4 Å². The summed E-state index contributed by atoms with van der Waals surface area (Å²) in [7, 11) is 1.89. The molecule has 0 saturated heterocycles. The largest absolute Gasteiger partial charge is 0.373 e. The number of nitrogens with one attached hydrogen (secondary N) is 2. The molecular weight excluding hydrogens is 224 g/mol. The van der Waals surface area contributed by atoms with Crippen LogP contribution in [0.3, 0.4) is 0 Å². The van der Waals surface area contributed by atoms with Gasteiger partial charge in [-0.1, -0.05) is 20.8 Å². The normalized spacial score (nSPS) is 11.4. The molecule has 1 heterocycles. The highest BCUT2D eigenvalue weighted by Crippen LogP contribution is 2.28. The summed E-state index contributed by atoms with van der Waals surface area (Å²) in [5.74, 6) is 2.66. The van der Waals surface area contributed by atoms with Crippen LogP contribution in [-0.4, -0.2) is 22.6 Å². The van der Waals surface area contributed by atoms with Crippen molar-refractivity contribution in [2.75, 3.05) is 17.7 Å². The van der Waals surface area contributed by atoms with Gasteiger partial charge < -0.3 is 10.6 Å². The molecule has 4 nitrogen and oxygen atoms in total. The lowest BCUT2D eigenvalue weighted by Crippen LogP contribution is -2.37. The van der Waals surface area contributed by atoms with Crippen molar-refractivity contribution in [3.8, 4) is 0 Å². The summed E-state index contributed by atoms with van der Waals surface area (Å²) in [5, 5.41) is 6.76. The number of hydrogen-bond acceptors (Lipinski definition) is 4. The summed E-state index contributed by atoms with van der Waals surface area (Å²) in [6, 6.07) is 0. The van der Waals surface area contributed by atoms with Gasteiger partial charge in [-0.05, 0) is 33.1 Å². The van der Waals surface area contributed by atoms with Gasteiger partial charge in [-0.25, -0.2) is 9.97 Å². The van der Waals surface area contributed by atoms with Gasteiger partial charge >= 0.3 is 0 Å². The van der Waals surface area contributed by atoms with Crippen molar-refractivity contribution in [3.63, 3.8) is 0 Å². The predicted molar refractivity (Wildman–Crippen MR) is 78.3 cm³/mol. The van der Waals surface area contributed by atoms with Crippen molar-refractivity contribution in [2.24, 2.45) is 0 Å². The highest BCUT2D eigenvalue weighted by molar-refractivity contribution is 5.57. The van der Waals surface area contributed by atoms with E-state index in [1.165, 1.54) is 0 Å². The SMILES string of the molecule is CCC(CC)(CC)Nc1nc(C)nc(NC)c1C. The molecule has 0 spiro atoms. The summed E-state index contributed by atoms with van der Waals surface area (Å²) in [4.78, 5) is 8.94. The van der Waals surface area contributed by atoms with E-state index in [2.05, 4.69) is 48.3 Å². The molecule has 0 bridgehead atoms. The summed E-state index contributed by atoms with van der Waals surface area (Å²) in [6.07, 6.45) is 3.28. The lowest BCUT2D eigenvalue weighted by atomic mass is 9.89. The number of nitrogens with zero attached hydrogens (tertiary/aromatic N) is 2. The van der Waals surface area contributed by atoms with Crippen LogP contribution in [0.5, 0.6) is 0 Å². The Labute approximate surface area is 111 Å². The Bertz CT molecular complexity index is 389. The van der Waals surface area contributed by atoms with Crippen LogP contribution in [0.1, 0.15) is 51.4 Å². The minimum Gasteiger partial charge on any atom is -0.373 e. The maximum atomic E-state index is 4.55. The molecule has 0 radical (unpaired) electrons. The predicted octanol–water partition coefficient (Wildman–Crippen LogP) is 3.52. The Kier molecular flexibility index (Phi) is 4.93. The zero-order valence-corrected chi connectivity index (χ0v) is 12.5. The van der Waals surface area contributed by atoms with Crippen molar-refractivity contribution in [3.05, 3.63) is 11.4 Å². The fourth-order valence-corrected chi connectivity index (χ4v) is 2.26. The van der Waals surface area contributed by atoms with Crippen LogP contribution in [0.15, 0.2) is 0 Å². The standard InChI is InChI=1S/C14H26N4/c1-7-14(8-2,9-3)18-13-10(4)12(15-6)16-11(5)17-13/h7-9H2,1-6H3,(H2,15,16,17,18). The van der Waals surface area contributed by atoms with Crippen LogP contribution in [0, 0.1) is 13.8 Å². The second-order valence-corrected chi connectivity index (χ2v) is 4.81. The molecule has 0 atom stereocenters. The second kappa shape index (κ2) is 6.03. The Hall–Kier alpha value is -1.32. The highest BCUT2D eigenvalue weighted by atomic mass is 15.1. The third-order valence-electron chi connectivity index (χ3n) is 3.91. The molecule has 4 heteroatoms. The van der Waals surface area contributed by atoms with Crippen LogP contribution in [-0.2, 0) is 0 Å². The first-order chi connectivity index (χ1) is 8.51. The van der Waals surface area contributed by atoms with E-state index < -0.39 is 0 Å². The first-order valence-corrected chi connectivity index (χ1v) is 6.83. The van der Waals surface area contributed by atoms with Crippen molar-refractivity contribution in [1.82, 2.24) is 9.97 Å². The van der Waals surface area contributed by atoms with E-state index in [-0.39, 0.29) is 5.54 Å². The molecule has 1 aromatic rings. The minimum absolute atomic E-state index is 0.135. The van der Waals surface area contributed by atoms with Gasteiger partial charge in [0.2, 0.25) is 0 Å². The lowest BCUT2D eigenvalue weighted by Gasteiger charge is -2.33. The van der Waals surface area contributed by atoms with Crippen LogP contribution in [0.4, 0.5) is 11.6 Å². The zero-order valence-electron chi connectivity index (χ0n) is 12.5. The number of hydrogen-bond donors (Lipinski definition) is 2. The van der Waals surface area contributed by atoms with E-state index in [4.69, 9.17) is 0 Å². The summed E-state index contributed by atoms with van der Waals surface area (Å²) < 4.78 is 0. The molecule has 0 fully saturated rings. The number of aryl methyl sites for hydroxylation is 1. The first-order valence-electron chi connectivity index (χ1n) is 6.83. The first kappa shape index (κ1) is 14.7. The van der Waals surface area contributed by atoms with Crippen LogP contribution < -0.4 is 10.6 Å². The smallest absolute Gasteiger partial charge is 0.135 e. The summed E-state index contributed by atoms with van der Waals surface area (Å²) in [5.41, 5.74) is 1.22. The molecule has 0 aliphatic heterocycles. The van der Waals surface area contributed by atoms with Gasteiger partial charge in [0.05, 0.1) is 0 Å². The van der Waals surface area contributed by atoms with Gasteiger partial charge in [-0.15, -0.1) is 0 Å². The fourth-order valence-electron chi connectivity index (χ4n) is 2.26. The third kappa shape index (κ3) is 2.92. The highest BCUT2D eigenvalue weighted by Gasteiger charge is 2.25. The van der Waals surface area contributed by atoms with E-state index in [0.717, 1.165) is 42.3 Å². The topological polar surface area (TPSA) is 49.8 Å². The molecule has 1 aromatic heterocycles. The minimum atomic E-state index is 0.135. The number of aromatic nitrogens is 2. The maximum Gasteiger partial charge on any atom is 0.135 e. The molecule has 0 aromatic carbocycles. The molecule has 0 aliphatic rings. The van der Waals surface area contributed by atoms with E-state index in [0.29, 0.717) is 0 Å². The Morgan fingerprint density at radius 3 is 1.89 bits per heavy atom. The monoisotopic (exact) mass is 250 g/mol. The average Bonchev–Trinajstić information content (AvgIpc) is 2.39. The van der Waals surface area contributed by atoms with Crippen LogP contribution in [0.25, 0.3) is 0 Å². The second-order valence-electron chi connectivity index (χ2n) is 4.81. The molecule has 0 saturated carbocycles. The fraction of sp³-hybridized carbons (Fsp3) is 0.714. The van der Waals surface area contributed by atoms with E-state index in [1.54, 1.807) is 0 Å². The average molecular weight is 250 g/mol. The van der Waals surface area contributed by atoms with Gasteiger partial charge in [0.25, 0.3) is 0 Å². The quantitative estimate of drug-likeness (QED) is 0.811. The van der Waals surface area contributed by atoms with Gasteiger partial charge in [0.15, 0.2) is 0 Å². The van der Waals surface area contributed by atoms with Crippen LogP contribution >= 0.6 is 0 Å². The lowest BCUT2D eigenvalue weighted by molar-refractivity contribution is 0.418. The van der Waals surface area contributed by atoms with E-state index in [1.807, 2.05) is 14.0 Å². The molecule has 1 rings (SSSR count). The molecular formula is C14H26N4.